The molecule has 0 spiro atoms. The fraction of sp³-hybridized carbons (Fsp3) is 0.733. The standard InChI is InChI=1S/C15H24N2O3S/c1-6-19-11-8-10(15(11,4)5)16-14-17-12(9(3)21-14)13(18)20-7-2/h10-11H,6-8H2,1-5H3,(H,16,17). The van der Waals surface area contributed by atoms with Crippen molar-refractivity contribution in [3.05, 3.63) is 10.6 Å². The van der Waals surface area contributed by atoms with Crippen LogP contribution in [0.5, 0.6) is 0 Å². The molecule has 2 rings (SSSR count). The van der Waals surface area contributed by atoms with Gasteiger partial charge in [-0.05, 0) is 27.2 Å². The van der Waals surface area contributed by atoms with Gasteiger partial charge in [-0.1, -0.05) is 13.8 Å². The minimum absolute atomic E-state index is 0.0691. The van der Waals surface area contributed by atoms with Gasteiger partial charge in [0.15, 0.2) is 10.8 Å². The molecular weight excluding hydrogens is 288 g/mol. The molecule has 1 saturated carbocycles. The number of esters is 1. The van der Waals surface area contributed by atoms with Crippen molar-refractivity contribution in [3.63, 3.8) is 0 Å². The zero-order valence-electron chi connectivity index (χ0n) is 13.4. The molecule has 21 heavy (non-hydrogen) atoms. The van der Waals surface area contributed by atoms with Crippen LogP contribution in [0.25, 0.3) is 0 Å². The second-order valence-corrected chi connectivity index (χ2v) is 7.05. The number of ether oxygens (including phenoxy) is 2. The topological polar surface area (TPSA) is 60.5 Å². The van der Waals surface area contributed by atoms with Gasteiger partial charge in [0.1, 0.15) is 0 Å². The van der Waals surface area contributed by atoms with E-state index in [-0.39, 0.29) is 17.5 Å². The Labute approximate surface area is 130 Å². The summed E-state index contributed by atoms with van der Waals surface area (Å²) in [6, 6.07) is 0.314. The summed E-state index contributed by atoms with van der Waals surface area (Å²) in [5.74, 6) is -0.348. The molecule has 0 saturated heterocycles. The number of aromatic nitrogens is 1. The molecule has 6 heteroatoms. The Kier molecular flexibility index (Phi) is 4.88. The van der Waals surface area contributed by atoms with E-state index in [0.717, 1.165) is 23.0 Å². The van der Waals surface area contributed by atoms with E-state index in [2.05, 4.69) is 24.1 Å². The van der Waals surface area contributed by atoms with Gasteiger partial charge in [-0.3, -0.25) is 0 Å². The number of anilines is 1. The SMILES string of the molecule is CCOC(=O)c1nc(NC2CC(OCC)C2(C)C)sc1C. The van der Waals surface area contributed by atoms with Crippen molar-refractivity contribution in [3.8, 4) is 0 Å². The van der Waals surface area contributed by atoms with Crippen molar-refractivity contribution >= 4 is 22.4 Å². The Balaban J connectivity index is 2.02. The van der Waals surface area contributed by atoms with Crippen molar-refractivity contribution < 1.29 is 14.3 Å². The molecule has 0 radical (unpaired) electrons. The first-order chi connectivity index (χ1) is 9.90. The average molecular weight is 312 g/mol. The zero-order chi connectivity index (χ0) is 15.6. The normalized spacial score (nSPS) is 23.5. The van der Waals surface area contributed by atoms with Gasteiger partial charge in [-0.15, -0.1) is 11.3 Å². The van der Waals surface area contributed by atoms with Gasteiger partial charge in [-0.2, -0.15) is 0 Å². The number of rotatable bonds is 6. The van der Waals surface area contributed by atoms with E-state index in [1.165, 1.54) is 11.3 Å². The highest BCUT2D eigenvalue weighted by Crippen LogP contribution is 2.44. The second-order valence-electron chi connectivity index (χ2n) is 5.84. The number of thiazole rings is 1. The van der Waals surface area contributed by atoms with Crippen LogP contribution in [0.2, 0.25) is 0 Å². The smallest absolute Gasteiger partial charge is 0.358 e. The van der Waals surface area contributed by atoms with Crippen LogP contribution in [0.3, 0.4) is 0 Å². The monoisotopic (exact) mass is 312 g/mol. The van der Waals surface area contributed by atoms with E-state index in [0.29, 0.717) is 18.3 Å². The van der Waals surface area contributed by atoms with Gasteiger partial charge in [0.25, 0.3) is 0 Å². The summed E-state index contributed by atoms with van der Waals surface area (Å²) in [5, 5.41) is 4.22. The number of hydrogen-bond donors (Lipinski definition) is 1. The molecule has 1 aliphatic rings. The van der Waals surface area contributed by atoms with Gasteiger partial charge < -0.3 is 14.8 Å². The van der Waals surface area contributed by atoms with Crippen molar-refractivity contribution in [2.75, 3.05) is 18.5 Å². The van der Waals surface area contributed by atoms with E-state index in [1.54, 1.807) is 6.92 Å². The predicted octanol–water partition coefficient (Wildman–Crippen LogP) is 3.24. The Hall–Kier alpha value is -1.14. The maximum Gasteiger partial charge on any atom is 0.358 e. The quantitative estimate of drug-likeness (QED) is 0.817. The summed E-state index contributed by atoms with van der Waals surface area (Å²) in [6.45, 7) is 11.2. The third-order valence-corrected chi connectivity index (χ3v) is 5.01. The molecule has 5 nitrogen and oxygen atoms in total. The molecule has 1 fully saturated rings. The highest BCUT2D eigenvalue weighted by Gasteiger charge is 2.49. The largest absolute Gasteiger partial charge is 0.461 e. The van der Waals surface area contributed by atoms with Crippen LogP contribution in [0.4, 0.5) is 5.13 Å². The molecule has 2 atom stereocenters. The third kappa shape index (κ3) is 3.21. The minimum atomic E-state index is -0.348. The molecule has 0 bridgehead atoms. The first-order valence-corrected chi connectivity index (χ1v) is 8.24. The molecular formula is C15H24N2O3S. The van der Waals surface area contributed by atoms with Crippen LogP contribution in [0.1, 0.15) is 49.5 Å². The molecule has 0 amide bonds. The summed E-state index contributed by atoms with van der Waals surface area (Å²) in [6.07, 6.45) is 1.25. The summed E-state index contributed by atoms with van der Waals surface area (Å²) in [7, 11) is 0. The van der Waals surface area contributed by atoms with E-state index in [4.69, 9.17) is 9.47 Å². The Morgan fingerprint density at radius 3 is 2.71 bits per heavy atom. The maximum absolute atomic E-state index is 11.8. The molecule has 1 aromatic rings. The fourth-order valence-corrected chi connectivity index (χ4v) is 3.46. The lowest BCUT2D eigenvalue weighted by atomic mass is 9.64. The number of carbonyl (C=O) groups excluding carboxylic acids is 1. The molecule has 1 heterocycles. The van der Waals surface area contributed by atoms with E-state index in [9.17, 15) is 4.79 Å². The van der Waals surface area contributed by atoms with Crippen LogP contribution < -0.4 is 5.32 Å². The van der Waals surface area contributed by atoms with Crippen LogP contribution >= 0.6 is 11.3 Å². The van der Waals surface area contributed by atoms with Crippen molar-refractivity contribution in [2.24, 2.45) is 5.41 Å². The number of aryl methyl sites for hydroxylation is 1. The van der Waals surface area contributed by atoms with Gasteiger partial charge in [0, 0.05) is 22.9 Å². The summed E-state index contributed by atoms with van der Waals surface area (Å²) in [4.78, 5) is 17.0. The van der Waals surface area contributed by atoms with Crippen molar-refractivity contribution in [2.45, 2.75) is 53.2 Å². The average Bonchev–Trinajstić information content (AvgIpc) is 2.79. The highest BCUT2D eigenvalue weighted by atomic mass is 32.1. The summed E-state index contributed by atoms with van der Waals surface area (Å²) >= 11 is 1.50. The van der Waals surface area contributed by atoms with E-state index >= 15 is 0 Å². The lowest BCUT2D eigenvalue weighted by Crippen LogP contribution is -2.58. The van der Waals surface area contributed by atoms with E-state index in [1.807, 2.05) is 13.8 Å². The Bertz CT molecular complexity index is 513. The van der Waals surface area contributed by atoms with E-state index < -0.39 is 0 Å². The molecule has 118 valence electrons. The Morgan fingerprint density at radius 1 is 1.43 bits per heavy atom. The van der Waals surface area contributed by atoms with Gasteiger partial charge in [0.05, 0.1) is 12.7 Å². The fourth-order valence-electron chi connectivity index (χ4n) is 2.61. The van der Waals surface area contributed by atoms with Crippen LogP contribution in [0.15, 0.2) is 0 Å². The number of nitrogens with zero attached hydrogens (tertiary/aromatic N) is 1. The predicted molar refractivity (Wildman–Crippen MR) is 84.0 cm³/mol. The molecule has 2 unspecified atom stereocenters. The van der Waals surface area contributed by atoms with Crippen molar-refractivity contribution in [1.82, 2.24) is 4.98 Å². The number of hydrogen-bond acceptors (Lipinski definition) is 6. The molecule has 0 aliphatic heterocycles. The van der Waals surface area contributed by atoms with Crippen molar-refractivity contribution in [1.29, 1.82) is 0 Å². The maximum atomic E-state index is 11.8. The third-order valence-electron chi connectivity index (χ3n) is 4.11. The van der Waals surface area contributed by atoms with Crippen LogP contribution in [-0.4, -0.2) is 36.3 Å². The van der Waals surface area contributed by atoms with Crippen LogP contribution in [0, 0.1) is 12.3 Å². The summed E-state index contributed by atoms with van der Waals surface area (Å²) < 4.78 is 10.7. The Morgan fingerprint density at radius 2 is 2.14 bits per heavy atom. The zero-order valence-corrected chi connectivity index (χ0v) is 14.2. The van der Waals surface area contributed by atoms with Gasteiger partial charge >= 0.3 is 5.97 Å². The lowest BCUT2D eigenvalue weighted by molar-refractivity contribution is -0.0976. The van der Waals surface area contributed by atoms with Crippen LogP contribution in [-0.2, 0) is 9.47 Å². The first kappa shape index (κ1) is 16.2. The lowest BCUT2D eigenvalue weighted by Gasteiger charge is -2.51. The highest BCUT2D eigenvalue weighted by molar-refractivity contribution is 7.15. The minimum Gasteiger partial charge on any atom is -0.461 e. The van der Waals surface area contributed by atoms with Gasteiger partial charge in [-0.25, -0.2) is 9.78 Å². The molecule has 0 aromatic carbocycles. The molecule has 1 aliphatic carbocycles. The summed E-state index contributed by atoms with van der Waals surface area (Å²) in [5.41, 5.74) is 0.488. The molecule has 1 N–H and O–H groups in total. The number of nitrogens with one attached hydrogen (secondary N) is 1. The van der Waals surface area contributed by atoms with Gasteiger partial charge in [0.2, 0.25) is 0 Å². The second kappa shape index (κ2) is 6.32. The number of carbonyl (C=O) groups is 1. The first-order valence-electron chi connectivity index (χ1n) is 7.42. The molecule has 1 aromatic heterocycles.